The van der Waals surface area contributed by atoms with Crippen LogP contribution in [0.4, 0.5) is 11.4 Å². The molecule has 0 aliphatic rings. The fraction of sp³-hybridized carbons (Fsp3) is 0.200. The van der Waals surface area contributed by atoms with Gasteiger partial charge in [0, 0.05) is 5.02 Å². The summed E-state index contributed by atoms with van der Waals surface area (Å²) in [5, 5.41) is 2.36. The predicted octanol–water partition coefficient (Wildman–Crippen LogP) is 4.48. The Morgan fingerprint density at radius 1 is 0.889 bits per heavy atom. The van der Waals surface area contributed by atoms with Crippen molar-refractivity contribution in [1.29, 1.82) is 0 Å². The first-order chi connectivity index (χ1) is 8.58. The summed E-state index contributed by atoms with van der Waals surface area (Å²) in [5.74, 6) is 6.61. The molecule has 0 heterocycles. The van der Waals surface area contributed by atoms with Gasteiger partial charge in [-0.25, -0.2) is 5.84 Å². The maximum absolute atomic E-state index is 6.08. The fourth-order valence-electron chi connectivity index (χ4n) is 1.77. The molecule has 0 aliphatic heterocycles. The third-order valence-corrected chi connectivity index (χ3v) is 3.19. The average molecular weight is 261 g/mol. The largest absolute Gasteiger partial charge is 0.280 e. The highest BCUT2D eigenvalue weighted by atomic mass is 35.5. The summed E-state index contributed by atoms with van der Waals surface area (Å²) in [5.41, 5.74) is 3.18. The molecule has 0 saturated heterocycles. The fourth-order valence-corrected chi connectivity index (χ4v) is 1.90. The summed E-state index contributed by atoms with van der Waals surface area (Å²) >= 11 is 5.86. The van der Waals surface area contributed by atoms with Gasteiger partial charge >= 0.3 is 0 Å². The van der Waals surface area contributed by atoms with Crippen molar-refractivity contribution in [2.75, 3.05) is 5.01 Å². The van der Waals surface area contributed by atoms with Gasteiger partial charge in [-0.05, 0) is 47.9 Å². The van der Waals surface area contributed by atoms with Crippen LogP contribution in [0.2, 0.25) is 5.02 Å². The van der Waals surface area contributed by atoms with Gasteiger partial charge in [0.1, 0.15) is 0 Å². The van der Waals surface area contributed by atoms with E-state index in [0.29, 0.717) is 10.9 Å². The Labute approximate surface area is 113 Å². The molecule has 2 N–H and O–H groups in total. The Hall–Kier alpha value is -1.51. The molecule has 0 aliphatic carbocycles. The number of hydrazine groups is 1. The summed E-state index contributed by atoms with van der Waals surface area (Å²) in [6.07, 6.45) is 0. The Balaban J connectivity index is 2.23. The van der Waals surface area contributed by atoms with Gasteiger partial charge in [-0.2, -0.15) is 0 Å². The minimum absolute atomic E-state index is 0.529. The van der Waals surface area contributed by atoms with Crippen LogP contribution in [-0.4, -0.2) is 0 Å². The van der Waals surface area contributed by atoms with Crippen molar-refractivity contribution in [1.82, 2.24) is 0 Å². The van der Waals surface area contributed by atoms with E-state index in [-0.39, 0.29) is 0 Å². The SMILES string of the molecule is CC(C)c1ccc(N(N)c2ccc(Cl)cc2)cc1. The van der Waals surface area contributed by atoms with Crippen molar-refractivity contribution in [2.45, 2.75) is 19.8 Å². The van der Waals surface area contributed by atoms with Crippen molar-refractivity contribution in [3.63, 3.8) is 0 Å². The van der Waals surface area contributed by atoms with Crippen LogP contribution in [0.25, 0.3) is 0 Å². The first kappa shape index (κ1) is 12.9. The van der Waals surface area contributed by atoms with Crippen LogP contribution < -0.4 is 10.9 Å². The minimum Gasteiger partial charge on any atom is -0.280 e. The summed E-state index contributed by atoms with van der Waals surface area (Å²) in [6.45, 7) is 4.35. The minimum atomic E-state index is 0.529. The lowest BCUT2D eigenvalue weighted by Crippen LogP contribution is -2.24. The third kappa shape index (κ3) is 2.84. The Bertz CT molecular complexity index is 503. The molecule has 94 valence electrons. The number of halogens is 1. The van der Waals surface area contributed by atoms with Crippen LogP contribution in [0, 0.1) is 0 Å². The van der Waals surface area contributed by atoms with E-state index < -0.39 is 0 Å². The smallest absolute Gasteiger partial charge is 0.0576 e. The second-order valence-corrected chi connectivity index (χ2v) is 5.03. The number of rotatable bonds is 3. The second-order valence-electron chi connectivity index (χ2n) is 4.59. The zero-order valence-corrected chi connectivity index (χ0v) is 11.4. The highest BCUT2D eigenvalue weighted by Gasteiger charge is 2.05. The number of hydrogen-bond acceptors (Lipinski definition) is 2. The Morgan fingerprint density at radius 3 is 1.78 bits per heavy atom. The van der Waals surface area contributed by atoms with Crippen molar-refractivity contribution in [3.8, 4) is 0 Å². The van der Waals surface area contributed by atoms with E-state index in [2.05, 4.69) is 26.0 Å². The number of benzene rings is 2. The molecule has 0 saturated carbocycles. The predicted molar refractivity (Wildman–Crippen MR) is 78.3 cm³/mol. The highest BCUT2D eigenvalue weighted by molar-refractivity contribution is 6.30. The van der Waals surface area contributed by atoms with Gasteiger partial charge in [-0.15, -0.1) is 0 Å². The molecule has 18 heavy (non-hydrogen) atoms. The summed E-state index contributed by atoms with van der Waals surface area (Å²) < 4.78 is 0. The van der Waals surface area contributed by atoms with Crippen molar-refractivity contribution >= 4 is 23.0 Å². The molecule has 2 aromatic carbocycles. The van der Waals surface area contributed by atoms with Crippen LogP contribution in [0.15, 0.2) is 48.5 Å². The Morgan fingerprint density at radius 2 is 1.33 bits per heavy atom. The molecule has 2 rings (SSSR count). The van der Waals surface area contributed by atoms with E-state index in [1.165, 1.54) is 5.56 Å². The maximum atomic E-state index is 6.08. The van der Waals surface area contributed by atoms with Crippen LogP contribution in [-0.2, 0) is 0 Å². The zero-order chi connectivity index (χ0) is 13.1. The van der Waals surface area contributed by atoms with Gasteiger partial charge < -0.3 is 0 Å². The molecule has 0 radical (unpaired) electrons. The van der Waals surface area contributed by atoms with E-state index >= 15 is 0 Å². The van der Waals surface area contributed by atoms with Gasteiger partial charge in [0.2, 0.25) is 0 Å². The standard InChI is InChI=1S/C15H17ClN2/c1-11(2)12-3-7-14(8-4-12)18(17)15-9-5-13(16)6-10-15/h3-11H,17H2,1-2H3. The lowest BCUT2D eigenvalue weighted by Gasteiger charge is -2.19. The molecule has 2 nitrogen and oxygen atoms in total. The van der Waals surface area contributed by atoms with Gasteiger partial charge in [0.25, 0.3) is 0 Å². The number of hydrogen-bond donors (Lipinski definition) is 1. The molecular weight excluding hydrogens is 244 g/mol. The second kappa shape index (κ2) is 5.42. The lowest BCUT2D eigenvalue weighted by atomic mass is 10.0. The number of nitrogens with zero attached hydrogens (tertiary/aromatic N) is 1. The van der Waals surface area contributed by atoms with E-state index in [9.17, 15) is 0 Å². The van der Waals surface area contributed by atoms with Crippen LogP contribution in [0.3, 0.4) is 0 Å². The van der Waals surface area contributed by atoms with E-state index in [1.54, 1.807) is 5.01 Å². The molecule has 0 unspecified atom stereocenters. The maximum Gasteiger partial charge on any atom is 0.0576 e. The van der Waals surface area contributed by atoms with E-state index in [0.717, 1.165) is 11.4 Å². The van der Waals surface area contributed by atoms with Crippen LogP contribution in [0.5, 0.6) is 0 Å². The average Bonchev–Trinajstić information content (AvgIpc) is 2.39. The van der Waals surface area contributed by atoms with E-state index in [1.807, 2.05) is 36.4 Å². The normalized spacial score (nSPS) is 10.7. The van der Waals surface area contributed by atoms with Gasteiger partial charge in [-0.1, -0.05) is 37.6 Å². The molecular formula is C15H17ClN2. The highest BCUT2D eigenvalue weighted by Crippen LogP contribution is 2.25. The lowest BCUT2D eigenvalue weighted by molar-refractivity contribution is 0.866. The van der Waals surface area contributed by atoms with Crippen molar-refractivity contribution < 1.29 is 0 Å². The van der Waals surface area contributed by atoms with Crippen molar-refractivity contribution in [3.05, 3.63) is 59.1 Å². The molecule has 0 fully saturated rings. The zero-order valence-electron chi connectivity index (χ0n) is 10.6. The van der Waals surface area contributed by atoms with Gasteiger partial charge in [0.05, 0.1) is 11.4 Å². The van der Waals surface area contributed by atoms with Gasteiger partial charge in [0.15, 0.2) is 0 Å². The first-order valence-corrected chi connectivity index (χ1v) is 6.36. The molecule has 0 amide bonds. The molecule has 2 aromatic rings. The topological polar surface area (TPSA) is 29.3 Å². The van der Waals surface area contributed by atoms with Gasteiger partial charge in [-0.3, -0.25) is 5.01 Å². The number of nitrogens with two attached hydrogens (primary N) is 1. The molecule has 0 atom stereocenters. The quantitative estimate of drug-likeness (QED) is 0.651. The van der Waals surface area contributed by atoms with Crippen molar-refractivity contribution in [2.24, 2.45) is 5.84 Å². The molecule has 3 heteroatoms. The first-order valence-electron chi connectivity index (χ1n) is 5.98. The molecule has 0 spiro atoms. The third-order valence-electron chi connectivity index (χ3n) is 2.94. The summed E-state index contributed by atoms with van der Waals surface area (Å²) in [6, 6.07) is 15.7. The Kier molecular flexibility index (Phi) is 3.90. The van der Waals surface area contributed by atoms with Crippen LogP contribution in [0.1, 0.15) is 25.3 Å². The van der Waals surface area contributed by atoms with E-state index in [4.69, 9.17) is 17.4 Å². The molecule has 0 aromatic heterocycles. The molecule has 0 bridgehead atoms. The monoisotopic (exact) mass is 260 g/mol. The summed E-state index contributed by atoms with van der Waals surface area (Å²) in [7, 11) is 0. The van der Waals surface area contributed by atoms with Crippen LogP contribution >= 0.6 is 11.6 Å². The number of anilines is 2. The summed E-state index contributed by atoms with van der Waals surface area (Å²) in [4.78, 5) is 0.